The Balaban J connectivity index is 1.44. The lowest BCUT2D eigenvalue weighted by Gasteiger charge is -2.29. The normalized spacial score (nSPS) is 18.2. The van der Waals surface area contributed by atoms with Crippen LogP contribution in [0.2, 0.25) is 10.0 Å². The van der Waals surface area contributed by atoms with Gasteiger partial charge in [-0.15, -0.1) is 0 Å². The molecule has 0 radical (unpaired) electrons. The van der Waals surface area contributed by atoms with Crippen LogP contribution < -0.4 is 10.1 Å². The van der Waals surface area contributed by atoms with Crippen molar-refractivity contribution < 1.29 is 27.1 Å². The molecule has 0 saturated heterocycles. The number of Topliss-reactive ketones (excluding diaryl/α,β-unsaturated/α-hetero) is 1. The van der Waals surface area contributed by atoms with E-state index in [2.05, 4.69) is 15.3 Å². The Labute approximate surface area is 221 Å². The summed E-state index contributed by atoms with van der Waals surface area (Å²) in [7, 11) is 0. The monoisotopic (exact) mass is 559 g/mol. The third kappa shape index (κ3) is 6.49. The van der Waals surface area contributed by atoms with E-state index in [1.165, 1.54) is 12.1 Å². The van der Waals surface area contributed by atoms with Gasteiger partial charge in [0.1, 0.15) is 5.75 Å². The van der Waals surface area contributed by atoms with Crippen LogP contribution in [-0.4, -0.2) is 28.5 Å². The molecule has 5 nitrogen and oxygen atoms in total. The summed E-state index contributed by atoms with van der Waals surface area (Å²) in [5.74, 6) is -1.24. The van der Waals surface area contributed by atoms with Crippen LogP contribution in [0.25, 0.3) is 11.0 Å². The van der Waals surface area contributed by atoms with Crippen LogP contribution in [0.15, 0.2) is 24.3 Å². The van der Waals surface area contributed by atoms with Crippen LogP contribution in [-0.2, 0) is 0 Å². The van der Waals surface area contributed by atoms with Crippen molar-refractivity contribution in [3.63, 3.8) is 0 Å². The predicted molar refractivity (Wildman–Crippen MR) is 137 cm³/mol. The first kappa shape index (κ1) is 27.5. The maximum atomic E-state index is 14.4. The van der Waals surface area contributed by atoms with Crippen LogP contribution in [0.1, 0.15) is 62.2 Å². The minimum absolute atomic E-state index is 0.0289. The zero-order valence-electron chi connectivity index (χ0n) is 20.2. The Kier molecular flexibility index (Phi) is 8.53. The van der Waals surface area contributed by atoms with E-state index in [-0.39, 0.29) is 52.6 Å². The number of anilines is 2. The van der Waals surface area contributed by atoms with Gasteiger partial charge in [0, 0.05) is 12.5 Å². The van der Waals surface area contributed by atoms with Gasteiger partial charge in [0.05, 0.1) is 44.9 Å². The third-order valence-electron chi connectivity index (χ3n) is 6.80. The molecule has 2 N–H and O–H groups in total. The molecule has 0 bridgehead atoms. The van der Waals surface area contributed by atoms with Crippen molar-refractivity contribution in [2.24, 2.45) is 11.8 Å². The van der Waals surface area contributed by atoms with Crippen molar-refractivity contribution in [1.82, 2.24) is 9.97 Å². The molecule has 2 aromatic carbocycles. The number of ether oxygens (including phenoxy) is 1. The molecule has 0 unspecified atom stereocenters. The second kappa shape index (κ2) is 11.5. The zero-order chi connectivity index (χ0) is 26.7. The van der Waals surface area contributed by atoms with Crippen LogP contribution in [0, 0.1) is 17.7 Å². The van der Waals surface area contributed by atoms with E-state index in [1.54, 1.807) is 19.1 Å². The van der Waals surface area contributed by atoms with Crippen LogP contribution in [0.4, 0.5) is 29.2 Å². The van der Waals surface area contributed by atoms with Gasteiger partial charge >= 0.3 is 6.18 Å². The summed E-state index contributed by atoms with van der Waals surface area (Å²) in [6.45, 7) is 2.14. The fourth-order valence-corrected chi connectivity index (χ4v) is 5.16. The first-order valence-corrected chi connectivity index (χ1v) is 13.0. The van der Waals surface area contributed by atoms with Gasteiger partial charge < -0.3 is 15.0 Å². The minimum atomic E-state index is -4.12. The van der Waals surface area contributed by atoms with E-state index in [4.69, 9.17) is 27.9 Å². The number of nitrogens with one attached hydrogen (secondary N) is 2. The van der Waals surface area contributed by atoms with E-state index >= 15 is 0 Å². The third-order valence-corrected chi connectivity index (χ3v) is 7.40. The van der Waals surface area contributed by atoms with E-state index in [1.807, 2.05) is 0 Å². The highest BCUT2D eigenvalue weighted by Crippen LogP contribution is 2.41. The number of benzene rings is 2. The number of nitrogens with zero attached hydrogens (tertiary/aromatic N) is 1. The molecule has 1 aromatic heterocycles. The van der Waals surface area contributed by atoms with Crippen molar-refractivity contribution in [1.29, 1.82) is 0 Å². The predicted octanol–water partition coefficient (Wildman–Crippen LogP) is 8.87. The molecule has 1 saturated carbocycles. The van der Waals surface area contributed by atoms with Crippen LogP contribution >= 0.6 is 23.2 Å². The van der Waals surface area contributed by atoms with E-state index < -0.39 is 17.9 Å². The van der Waals surface area contributed by atoms with Gasteiger partial charge in [-0.25, -0.2) is 9.37 Å². The molecule has 200 valence electrons. The van der Waals surface area contributed by atoms with Gasteiger partial charge in [0.2, 0.25) is 5.95 Å². The number of fused-ring (bicyclic) bond motifs is 1. The number of imidazole rings is 1. The highest BCUT2D eigenvalue weighted by molar-refractivity contribution is 6.35. The second-order valence-corrected chi connectivity index (χ2v) is 10.1. The number of carbonyl (C=O) groups excluding carboxylic acids is 1. The number of aromatic amines is 1. The molecule has 0 aliphatic heterocycles. The molecule has 1 heterocycles. The summed E-state index contributed by atoms with van der Waals surface area (Å²) in [5.41, 5.74) is 1.40. The Morgan fingerprint density at radius 2 is 1.86 bits per heavy atom. The summed E-state index contributed by atoms with van der Waals surface area (Å²) in [6, 6.07) is 6.10. The standard InChI is InChI=1S/C26H27Cl2F4N3O2/c1-2-37-22-13-20-19(33-25(34-20)35-24-18(28)11-10-17(27)23(24)29)12-16(22)21(36)5-3-4-14-6-8-15(9-7-14)26(30,31)32/h10-15H,2-9H2,1H3,(H2,33,34,35). The lowest BCUT2D eigenvalue weighted by atomic mass is 9.79. The fourth-order valence-electron chi connectivity index (χ4n) is 4.81. The minimum Gasteiger partial charge on any atom is -0.493 e. The molecule has 1 aliphatic carbocycles. The largest absolute Gasteiger partial charge is 0.493 e. The molecule has 11 heteroatoms. The van der Waals surface area contributed by atoms with E-state index in [9.17, 15) is 22.4 Å². The van der Waals surface area contributed by atoms with Crippen molar-refractivity contribution in [3.8, 4) is 5.75 Å². The highest BCUT2D eigenvalue weighted by Gasteiger charge is 2.41. The molecule has 4 rings (SSSR count). The quantitative estimate of drug-likeness (QED) is 0.156. The first-order valence-electron chi connectivity index (χ1n) is 12.2. The fraction of sp³-hybridized carbons (Fsp3) is 0.462. The molecule has 0 spiro atoms. The number of hydrogen-bond donors (Lipinski definition) is 2. The number of halogens is 6. The molecule has 0 atom stereocenters. The summed E-state index contributed by atoms with van der Waals surface area (Å²) in [4.78, 5) is 20.5. The number of hydrogen-bond acceptors (Lipinski definition) is 4. The summed E-state index contributed by atoms with van der Waals surface area (Å²) in [5, 5.41) is 2.83. The Hall–Kier alpha value is -2.52. The molecule has 3 aromatic rings. The molecule has 1 fully saturated rings. The van der Waals surface area contributed by atoms with Gasteiger partial charge in [-0.3, -0.25) is 4.79 Å². The highest BCUT2D eigenvalue weighted by atomic mass is 35.5. The van der Waals surface area contributed by atoms with E-state index in [0.29, 0.717) is 54.6 Å². The SMILES string of the molecule is CCOc1cc2nc(Nc3c(Cl)ccc(Cl)c3F)[nH]c2cc1C(=O)CCCC1CCC(C(F)(F)F)CC1. The van der Waals surface area contributed by atoms with E-state index in [0.717, 1.165) is 0 Å². The number of carbonyl (C=O) groups is 1. The molecule has 37 heavy (non-hydrogen) atoms. The number of H-pyrrole nitrogens is 1. The lowest BCUT2D eigenvalue weighted by Crippen LogP contribution is -2.27. The maximum absolute atomic E-state index is 14.4. The van der Waals surface area contributed by atoms with Crippen molar-refractivity contribution >= 4 is 51.7 Å². The van der Waals surface area contributed by atoms with Crippen molar-refractivity contribution in [3.05, 3.63) is 45.7 Å². The Bertz CT molecular complexity index is 1270. The maximum Gasteiger partial charge on any atom is 0.391 e. The van der Waals surface area contributed by atoms with Crippen LogP contribution in [0.5, 0.6) is 5.75 Å². The van der Waals surface area contributed by atoms with Gasteiger partial charge in [-0.05, 0) is 63.1 Å². The number of alkyl halides is 3. The zero-order valence-corrected chi connectivity index (χ0v) is 21.7. The topological polar surface area (TPSA) is 67.0 Å². The number of aromatic nitrogens is 2. The van der Waals surface area contributed by atoms with Gasteiger partial charge in [-0.2, -0.15) is 13.2 Å². The van der Waals surface area contributed by atoms with Gasteiger partial charge in [-0.1, -0.05) is 29.6 Å². The van der Waals surface area contributed by atoms with Crippen LogP contribution in [0.3, 0.4) is 0 Å². The second-order valence-electron chi connectivity index (χ2n) is 9.30. The first-order chi connectivity index (χ1) is 17.6. The molecular weight excluding hydrogens is 533 g/mol. The number of ketones is 1. The Morgan fingerprint density at radius 1 is 1.16 bits per heavy atom. The molecule has 0 amide bonds. The summed E-state index contributed by atoms with van der Waals surface area (Å²) >= 11 is 12.0. The van der Waals surface area contributed by atoms with Gasteiger partial charge in [0.25, 0.3) is 0 Å². The number of rotatable bonds is 9. The lowest BCUT2D eigenvalue weighted by molar-refractivity contribution is -0.184. The van der Waals surface area contributed by atoms with Crippen molar-refractivity contribution in [2.45, 2.75) is 58.0 Å². The molecule has 1 aliphatic rings. The average molecular weight is 560 g/mol. The molecular formula is C26H27Cl2F4N3O2. The average Bonchev–Trinajstić information content (AvgIpc) is 3.25. The summed E-state index contributed by atoms with van der Waals surface area (Å²) < 4.78 is 58.8. The van der Waals surface area contributed by atoms with Crippen molar-refractivity contribution in [2.75, 3.05) is 11.9 Å². The smallest absolute Gasteiger partial charge is 0.391 e. The van der Waals surface area contributed by atoms with Gasteiger partial charge in [0.15, 0.2) is 11.6 Å². The summed E-state index contributed by atoms with van der Waals surface area (Å²) in [6.07, 6.45) is -1.16. The Morgan fingerprint density at radius 3 is 2.54 bits per heavy atom.